The van der Waals surface area contributed by atoms with E-state index in [9.17, 15) is 17.8 Å². The van der Waals surface area contributed by atoms with Crippen LogP contribution in [0.15, 0.2) is 41.8 Å². The molecule has 0 aliphatic heterocycles. The van der Waals surface area contributed by atoms with Crippen LogP contribution in [0.3, 0.4) is 0 Å². The minimum atomic E-state index is -3.11. The summed E-state index contributed by atoms with van der Waals surface area (Å²) in [4.78, 5) is 12.8. The van der Waals surface area contributed by atoms with Gasteiger partial charge in [-0.05, 0) is 43.7 Å². The number of para-hydroxylation sites is 1. The quantitative estimate of drug-likeness (QED) is 0.467. The predicted octanol–water partition coefficient (Wildman–Crippen LogP) is 6.10. The topological polar surface area (TPSA) is 55.4 Å². The largest absolute Gasteiger partial charge is 0.454 e. The van der Waals surface area contributed by atoms with Crippen molar-refractivity contribution in [1.29, 1.82) is 0 Å². The van der Waals surface area contributed by atoms with Gasteiger partial charge in [-0.3, -0.25) is 9.00 Å². The van der Waals surface area contributed by atoms with E-state index in [4.69, 9.17) is 16.3 Å². The Kier molecular flexibility index (Phi) is 6.51. The maximum atomic E-state index is 14.9. The van der Waals surface area contributed by atoms with E-state index in [0.717, 1.165) is 12.8 Å². The molecule has 2 aromatic rings. The van der Waals surface area contributed by atoms with Crippen LogP contribution in [0.2, 0.25) is 5.02 Å². The number of nitrogens with one attached hydrogen (secondary N) is 1. The second-order valence-electron chi connectivity index (χ2n) is 7.88. The second-order valence-corrected chi connectivity index (χ2v) is 10.5. The molecule has 2 atom stereocenters. The van der Waals surface area contributed by atoms with Gasteiger partial charge < -0.3 is 10.1 Å². The number of thiophene rings is 1. The van der Waals surface area contributed by atoms with Gasteiger partial charge in [0, 0.05) is 28.4 Å². The van der Waals surface area contributed by atoms with Gasteiger partial charge in [0.15, 0.2) is 5.75 Å². The van der Waals surface area contributed by atoms with Crippen LogP contribution in [0, 0.1) is 11.8 Å². The molecule has 0 spiro atoms. The number of hydrogen-bond donors (Lipinski definition) is 1. The zero-order valence-electron chi connectivity index (χ0n) is 16.8. The van der Waals surface area contributed by atoms with Crippen molar-refractivity contribution in [3.8, 4) is 11.5 Å². The van der Waals surface area contributed by atoms with E-state index in [1.54, 1.807) is 42.7 Å². The number of carbonyl (C=O) groups excluding carboxylic acids is 1. The van der Waals surface area contributed by atoms with Crippen LogP contribution < -0.4 is 10.1 Å². The molecule has 1 N–H and O–H groups in total. The van der Waals surface area contributed by atoms with Gasteiger partial charge in [-0.15, -0.1) is 11.3 Å². The third-order valence-electron chi connectivity index (χ3n) is 5.28. The van der Waals surface area contributed by atoms with E-state index in [0.29, 0.717) is 29.9 Å². The molecular weight excluding hydrogens is 464 g/mol. The summed E-state index contributed by atoms with van der Waals surface area (Å²) in [5.41, 5.74) is 0. The molecule has 2 aliphatic carbocycles. The monoisotopic (exact) mass is 485 g/mol. The molecule has 1 aromatic carbocycles. The van der Waals surface area contributed by atoms with Crippen molar-refractivity contribution < 1.29 is 22.5 Å². The van der Waals surface area contributed by atoms with E-state index in [-0.39, 0.29) is 32.5 Å². The fourth-order valence-corrected chi connectivity index (χ4v) is 5.18. The molecule has 2 unspecified atom stereocenters. The molecule has 1 heterocycles. The number of benzene rings is 1. The fraction of sp³-hybridized carbons (Fsp3) is 0.409. The van der Waals surface area contributed by atoms with Gasteiger partial charge in [0.2, 0.25) is 0 Å². The van der Waals surface area contributed by atoms with Crippen LogP contribution in [-0.4, -0.2) is 22.4 Å². The van der Waals surface area contributed by atoms with Crippen molar-refractivity contribution in [2.24, 2.45) is 11.8 Å². The number of alkyl halides is 2. The Hall–Kier alpha value is -1.77. The van der Waals surface area contributed by atoms with Crippen LogP contribution in [-0.2, 0) is 16.7 Å². The normalized spacial score (nSPS) is 18.7. The Morgan fingerprint density at radius 2 is 1.97 bits per heavy atom. The Bertz CT molecular complexity index is 1020. The molecule has 4 nitrogen and oxygen atoms in total. The molecule has 2 aliphatic rings. The number of amides is 1. The first-order valence-electron chi connectivity index (χ1n) is 10.0. The summed E-state index contributed by atoms with van der Waals surface area (Å²) >= 11 is 7.05. The van der Waals surface area contributed by atoms with Crippen LogP contribution in [0.1, 0.15) is 40.2 Å². The van der Waals surface area contributed by atoms with E-state index in [1.165, 1.54) is 5.41 Å². The standard InChI is InChI=1S/C22H22ClF2NO3S2/c1-31(28)12-11-16(13-7-8-13)26-21(27)19-18(29-15-5-3-2-4-6-15)17(23)20(30-19)22(24,25)14-9-10-14/h2-6,11-14,16H,7-10H2,1H3,(H,26,27)/b12-11+. The number of rotatable bonds is 9. The van der Waals surface area contributed by atoms with Crippen molar-refractivity contribution in [1.82, 2.24) is 5.32 Å². The highest BCUT2D eigenvalue weighted by atomic mass is 35.5. The molecule has 2 saturated carbocycles. The van der Waals surface area contributed by atoms with Crippen LogP contribution in [0.5, 0.6) is 11.5 Å². The minimum absolute atomic E-state index is 0.0147. The first-order valence-corrected chi connectivity index (χ1v) is 12.8. The van der Waals surface area contributed by atoms with Crippen molar-refractivity contribution in [2.45, 2.75) is 37.6 Å². The Morgan fingerprint density at radius 1 is 1.29 bits per heavy atom. The van der Waals surface area contributed by atoms with E-state index >= 15 is 0 Å². The fourth-order valence-electron chi connectivity index (χ4n) is 3.28. The number of hydrogen-bond acceptors (Lipinski definition) is 4. The van der Waals surface area contributed by atoms with Gasteiger partial charge in [0.1, 0.15) is 15.6 Å². The molecule has 0 radical (unpaired) electrons. The van der Waals surface area contributed by atoms with E-state index in [2.05, 4.69) is 5.32 Å². The summed E-state index contributed by atoms with van der Waals surface area (Å²) in [6, 6.07) is 8.30. The van der Waals surface area contributed by atoms with Gasteiger partial charge in [-0.25, -0.2) is 8.78 Å². The van der Waals surface area contributed by atoms with Gasteiger partial charge in [0.05, 0.1) is 10.9 Å². The lowest BCUT2D eigenvalue weighted by Crippen LogP contribution is -2.34. The van der Waals surface area contributed by atoms with Crippen LogP contribution in [0.4, 0.5) is 8.78 Å². The zero-order valence-corrected chi connectivity index (χ0v) is 19.2. The molecule has 0 bridgehead atoms. The first-order chi connectivity index (χ1) is 14.8. The van der Waals surface area contributed by atoms with E-state index < -0.39 is 28.5 Å². The van der Waals surface area contributed by atoms with Gasteiger partial charge in [0.25, 0.3) is 11.8 Å². The summed E-state index contributed by atoms with van der Waals surface area (Å²) in [6.07, 6.45) is 5.99. The van der Waals surface area contributed by atoms with Gasteiger partial charge in [-0.2, -0.15) is 0 Å². The van der Waals surface area contributed by atoms with Gasteiger partial charge in [-0.1, -0.05) is 35.9 Å². The lowest BCUT2D eigenvalue weighted by atomic mass is 10.1. The highest BCUT2D eigenvalue weighted by Gasteiger charge is 2.51. The molecule has 2 fully saturated rings. The Balaban J connectivity index is 1.67. The first kappa shape index (κ1) is 22.4. The Morgan fingerprint density at radius 3 is 2.55 bits per heavy atom. The minimum Gasteiger partial charge on any atom is -0.454 e. The van der Waals surface area contributed by atoms with Crippen LogP contribution >= 0.6 is 22.9 Å². The third-order valence-corrected chi connectivity index (χ3v) is 7.54. The number of carbonyl (C=O) groups is 1. The maximum absolute atomic E-state index is 14.9. The SMILES string of the molecule is CS(=O)/C=C/C(NC(=O)c1sc(C(F)(F)C2CC2)c(Cl)c1Oc1ccccc1)C1CC1. The molecule has 9 heteroatoms. The molecule has 31 heavy (non-hydrogen) atoms. The molecule has 1 amide bonds. The van der Waals surface area contributed by atoms with Crippen LogP contribution in [0.25, 0.3) is 0 Å². The highest BCUT2D eigenvalue weighted by molar-refractivity contribution is 7.87. The summed E-state index contributed by atoms with van der Waals surface area (Å²) in [5.74, 6) is -3.81. The molecule has 1 aromatic heterocycles. The average molecular weight is 486 g/mol. The average Bonchev–Trinajstić information content (AvgIpc) is 3.63. The highest BCUT2D eigenvalue weighted by Crippen LogP contribution is 2.56. The third kappa shape index (κ3) is 5.18. The predicted molar refractivity (Wildman–Crippen MR) is 120 cm³/mol. The second kappa shape index (κ2) is 9.00. The smallest absolute Gasteiger partial charge is 0.286 e. The molecule has 0 saturated heterocycles. The van der Waals surface area contributed by atoms with Crippen molar-refractivity contribution in [2.75, 3.05) is 6.26 Å². The lowest BCUT2D eigenvalue weighted by molar-refractivity contribution is -0.0247. The van der Waals surface area contributed by atoms with E-state index in [1.807, 2.05) is 0 Å². The molecule has 4 rings (SSSR count). The summed E-state index contributed by atoms with van der Waals surface area (Å²) in [5, 5.41) is 4.19. The summed E-state index contributed by atoms with van der Waals surface area (Å²) in [7, 11) is -1.15. The number of halogens is 3. The van der Waals surface area contributed by atoms with Crippen molar-refractivity contribution in [3.05, 3.63) is 56.6 Å². The number of ether oxygens (including phenoxy) is 1. The maximum Gasteiger partial charge on any atom is 0.286 e. The van der Waals surface area contributed by atoms with Crippen molar-refractivity contribution in [3.63, 3.8) is 0 Å². The summed E-state index contributed by atoms with van der Waals surface area (Å²) < 4.78 is 47.0. The Labute approximate surface area is 191 Å². The van der Waals surface area contributed by atoms with Crippen molar-refractivity contribution >= 4 is 39.6 Å². The van der Waals surface area contributed by atoms with Gasteiger partial charge >= 0.3 is 0 Å². The summed E-state index contributed by atoms with van der Waals surface area (Å²) in [6.45, 7) is 0. The molecular formula is C22H22ClF2NO3S2. The zero-order chi connectivity index (χ0) is 22.2. The molecule has 166 valence electrons. The lowest BCUT2D eigenvalue weighted by Gasteiger charge is -2.14.